The number of methoxy groups -OCH3 is 1. The minimum atomic E-state index is -0.108. The van der Waals surface area contributed by atoms with Crippen LogP contribution in [0.5, 0.6) is 6.01 Å². The lowest BCUT2D eigenvalue weighted by molar-refractivity contribution is 0.0632. The zero-order valence-electron chi connectivity index (χ0n) is 16.9. The predicted molar refractivity (Wildman–Crippen MR) is 111 cm³/mol. The Kier molecular flexibility index (Phi) is 4.65. The van der Waals surface area contributed by atoms with E-state index in [2.05, 4.69) is 15.0 Å². The number of benzene rings is 1. The molecule has 3 heterocycles. The standard InChI is InChI=1S/C23H23N5O2/c1-30-22-25-13-18(14-26-22)21(29)28-11-5-9-23(15-28)10-8-17-12-24-20(27-19(17)23)16-6-3-2-4-7-16/h2-4,6-7,12-14H,5,8-11,15H2,1H3. The third kappa shape index (κ3) is 3.20. The minimum absolute atomic E-state index is 0.0393. The maximum atomic E-state index is 13.1. The number of nitrogens with zero attached hydrogens (tertiary/aromatic N) is 5. The maximum absolute atomic E-state index is 13.1. The molecule has 1 aliphatic heterocycles. The summed E-state index contributed by atoms with van der Waals surface area (Å²) in [6, 6.07) is 10.3. The molecule has 152 valence electrons. The van der Waals surface area contributed by atoms with Gasteiger partial charge in [-0.25, -0.2) is 19.9 Å². The van der Waals surface area contributed by atoms with Gasteiger partial charge in [0, 0.05) is 42.7 Å². The molecule has 0 saturated carbocycles. The van der Waals surface area contributed by atoms with Crippen LogP contribution in [0.2, 0.25) is 0 Å². The fraction of sp³-hybridized carbons (Fsp3) is 0.348. The Morgan fingerprint density at radius 3 is 2.63 bits per heavy atom. The second-order valence-corrected chi connectivity index (χ2v) is 8.00. The number of ether oxygens (including phenoxy) is 1. The van der Waals surface area contributed by atoms with Gasteiger partial charge in [-0.2, -0.15) is 0 Å². The zero-order chi connectivity index (χ0) is 20.6. The van der Waals surface area contributed by atoms with Crippen LogP contribution in [0.4, 0.5) is 0 Å². The zero-order valence-corrected chi connectivity index (χ0v) is 16.9. The summed E-state index contributed by atoms with van der Waals surface area (Å²) in [5, 5.41) is 0. The van der Waals surface area contributed by atoms with Crippen molar-refractivity contribution in [3.8, 4) is 17.4 Å². The van der Waals surface area contributed by atoms with Gasteiger partial charge in [0.1, 0.15) is 0 Å². The molecule has 1 spiro atoms. The van der Waals surface area contributed by atoms with E-state index < -0.39 is 0 Å². The Morgan fingerprint density at radius 2 is 1.87 bits per heavy atom. The van der Waals surface area contributed by atoms with Gasteiger partial charge in [0.25, 0.3) is 5.91 Å². The van der Waals surface area contributed by atoms with E-state index in [-0.39, 0.29) is 17.3 Å². The molecular weight excluding hydrogens is 378 g/mol. The van der Waals surface area contributed by atoms with Crippen molar-refractivity contribution in [2.75, 3.05) is 20.2 Å². The van der Waals surface area contributed by atoms with Crippen LogP contribution in [-0.2, 0) is 11.8 Å². The van der Waals surface area contributed by atoms with Crippen molar-refractivity contribution in [3.05, 3.63) is 65.7 Å². The lowest BCUT2D eigenvalue weighted by Crippen LogP contribution is -2.48. The molecule has 2 aliphatic rings. The van der Waals surface area contributed by atoms with Gasteiger partial charge >= 0.3 is 6.01 Å². The van der Waals surface area contributed by atoms with Gasteiger partial charge in [0.2, 0.25) is 0 Å². The molecule has 1 amide bonds. The van der Waals surface area contributed by atoms with Gasteiger partial charge in [-0.15, -0.1) is 0 Å². The summed E-state index contributed by atoms with van der Waals surface area (Å²) < 4.78 is 5.00. The monoisotopic (exact) mass is 401 g/mol. The molecule has 7 nitrogen and oxygen atoms in total. The van der Waals surface area contributed by atoms with E-state index >= 15 is 0 Å². The van der Waals surface area contributed by atoms with Crippen molar-refractivity contribution in [1.82, 2.24) is 24.8 Å². The maximum Gasteiger partial charge on any atom is 0.316 e. The fourth-order valence-corrected chi connectivity index (χ4v) is 4.68. The van der Waals surface area contributed by atoms with Crippen LogP contribution in [0.15, 0.2) is 48.9 Å². The average molecular weight is 401 g/mol. The quantitative estimate of drug-likeness (QED) is 0.671. The number of piperidine rings is 1. The molecule has 1 unspecified atom stereocenters. The normalized spacial score (nSPS) is 20.2. The third-order valence-corrected chi connectivity index (χ3v) is 6.19. The molecule has 0 bridgehead atoms. The van der Waals surface area contributed by atoms with Crippen molar-refractivity contribution in [2.24, 2.45) is 0 Å². The van der Waals surface area contributed by atoms with E-state index in [9.17, 15) is 4.79 Å². The Balaban J connectivity index is 1.44. The molecule has 1 aromatic carbocycles. The highest BCUT2D eigenvalue weighted by atomic mass is 16.5. The van der Waals surface area contributed by atoms with E-state index in [4.69, 9.17) is 9.72 Å². The molecule has 7 heteroatoms. The van der Waals surface area contributed by atoms with Crippen molar-refractivity contribution in [2.45, 2.75) is 31.1 Å². The molecule has 1 aliphatic carbocycles. The number of rotatable bonds is 3. The first kappa shape index (κ1) is 18.7. The second-order valence-electron chi connectivity index (χ2n) is 8.00. The number of carbonyl (C=O) groups excluding carboxylic acids is 1. The van der Waals surface area contributed by atoms with E-state index in [1.165, 1.54) is 25.1 Å². The molecule has 0 radical (unpaired) electrons. The predicted octanol–water partition coefficient (Wildman–Crippen LogP) is 3.06. The SMILES string of the molecule is COc1ncc(C(=O)N2CCCC3(CCc4cnc(-c5ccccc5)nc43)C2)cn1. The lowest BCUT2D eigenvalue weighted by Gasteiger charge is -2.40. The Morgan fingerprint density at radius 1 is 1.07 bits per heavy atom. The lowest BCUT2D eigenvalue weighted by atomic mass is 9.77. The van der Waals surface area contributed by atoms with E-state index in [1.807, 2.05) is 41.4 Å². The number of aryl methyl sites for hydroxylation is 1. The van der Waals surface area contributed by atoms with Crippen LogP contribution < -0.4 is 4.74 Å². The summed E-state index contributed by atoms with van der Waals surface area (Å²) in [5.74, 6) is 0.713. The number of amides is 1. The average Bonchev–Trinajstić information content (AvgIpc) is 3.16. The summed E-state index contributed by atoms with van der Waals surface area (Å²) in [5.41, 5.74) is 3.71. The Bertz CT molecular complexity index is 1070. The molecule has 3 aromatic rings. The van der Waals surface area contributed by atoms with E-state index in [0.29, 0.717) is 12.1 Å². The van der Waals surface area contributed by atoms with Crippen LogP contribution in [0.3, 0.4) is 0 Å². The third-order valence-electron chi connectivity index (χ3n) is 6.19. The van der Waals surface area contributed by atoms with Gasteiger partial charge in [-0.05, 0) is 31.2 Å². The Hall–Kier alpha value is -3.35. The summed E-state index contributed by atoms with van der Waals surface area (Å²) in [7, 11) is 1.51. The van der Waals surface area contributed by atoms with Crippen LogP contribution >= 0.6 is 0 Å². The first-order valence-corrected chi connectivity index (χ1v) is 10.3. The highest BCUT2D eigenvalue weighted by Gasteiger charge is 2.45. The number of aromatic nitrogens is 4. The summed E-state index contributed by atoms with van der Waals surface area (Å²) in [6.45, 7) is 1.40. The Labute approximate surface area is 175 Å². The van der Waals surface area contributed by atoms with E-state index in [1.54, 1.807) is 0 Å². The van der Waals surface area contributed by atoms with Gasteiger partial charge < -0.3 is 9.64 Å². The summed E-state index contributed by atoms with van der Waals surface area (Å²) >= 11 is 0. The molecule has 1 saturated heterocycles. The van der Waals surface area contributed by atoms with Crippen LogP contribution in [0, 0.1) is 0 Å². The van der Waals surface area contributed by atoms with Crippen LogP contribution in [0.1, 0.15) is 40.9 Å². The van der Waals surface area contributed by atoms with Gasteiger partial charge in [-0.1, -0.05) is 30.3 Å². The smallest absolute Gasteiger partial charge is 0.316 e. The number of carbonyl (C=O) groups is 1. The number of hydrogen-bond donors (Lipinski definition) is 0. The van der Waals surface area contributed by atoms with Gasteiger partial charge in [0.15, 0.2) is 5.82 Å². The van der Waals surface area contributed by atoms with Gasteiger partial charge in [0.05, 0.1) is 18.4 Å². The first-order chi connectivity index (χ1) is 14.7. The van der Waals surface area contributed by atoms with E-state index in [0.717, 1.165) is 49.3 Å². The molecule has 30 heavy (non-hydrogen) atoms. The fourth-order valence-electron chi connectivity index (χ4n) is 4.68. The largest absolute Gasteiger partial charge is 0.467 e. The highest BCUT2D eigenvalue weighted by Crippen LogP contribution is 2.44. The molecule has 1 atom stereocenters. The van der Waals surface area contributed by atoms with Crippen molar-refractivity contribution in [1.29, 1.82) is 0 Å². The molecule has 2 aromatic heterocycles. The second kappa shape index (κ2) is 7.48. The highest BCUT2D eigenvalue weighted by molar-refractivity contribution is 5.93. The first-order valence-electron chi connectivity index (χ1n) is 10.3. The molecule has 1 fully saturated rings. The molecule has 0 N–H and O–H groups in total. The topological polar surface area (TPSA) is 81.1 Å². The van der Waals surface area contributed by atoms with Crippen molar-refractivity contribution < 1.29 is 9.53 Å². The molecular formula is C23H23N5O2. The minimum Gasteiger partial charge on any atom is -0.467 e. The number of likely N-dealkylation sites (tertiary alicyclic amines) is 1. The van der Waals surface area contributed by atoms with Crippen LogP contribution in [0.25, 0.3) is 11.4 Å². The number of hydrogen-bond acceptors (Lipinski definition) is 6. The van der Waals surface area contributed by atoms with Crippen molar-refractivity contribution >= 4 is 5.91 Å². The number of fused-ring (bicyclic) bond motifs is 2. The van der Waals surface area contributed by atoms with Gasteiger partial charge in [-0.3, -0.25) is 4.79 Å². The van der Waals surface area contributed by atoms with Crippen molar-refractivity contribution in [3.63, 3.8) is 0 Å². The van der Waals surface area contributed by atoms with Crippen LogP contribution in [-0.4, -0.2) is 50.9 Å². The molecule has 5 rings (SSSR count). The summed E-state index contributed by atoms with van der Waals surface area (Å²) in [6.07, 6.45) is 8.98. The summed E-state index contributed by atoms with van der Waals surface area (Å²) in [4.78, 5) is 32.8.